The molecule has 0 saturated carbocycles. The summed E-state index contributed by atoms with van der Waals surface area (Å²) in [5.74, 6) is 1.12. The second-order valence-electron chi connectivity index (χ2n) is 3.95. The average Bonchev–Trinajstić information content (AvgIpc) is 2.38. The second kappa shape index (κ2) is 6.22. The number of rotatable bonds is 4. The molecule has 0 bridgehead atoms. The summed E-state index contributed by atoms with van der Waals surface area (Å²) in [5.41, 5.74) is 12.7. The van der Waals surface area contributed by atoms with E-state index >= 15 is 0 Å². The highest BCUT2D eigenvalue weighted by atomic mass is 32.2. The van der Waals surface area contributed by atoms with Crippen molar-refractivity contribution in [1.82, 2.24) is 9.97 Å². The van der Waals surface area contributed by atoms with E-state index in [1.807, 2.05) is 0 Å². The van der Waals surface area contributed by atoms with Crippen LogP contribution in [0.5, 0.6) is 0 Å². The lowest BCUT2D eigenvalue weighted by Gasteiger charge is -2.06. The Morgan fingerprint density at radius 2 is 2.00 bits per heavy atom. The van der Waals surface area contributed by atoms with Crippen LogP contribution in [-0.2, 0) is 5.75 Å². The molecule has 0 aliphatic rings. The molecule has 0 aliphatic heterocycles. The van der Waals surface area contributed by atoms with Gasteiger partial charge >= 0.3 is 6.03 Å². The van der Waals surface area contributed by atoms with Gasteiger partial charge in [-0.15, -0.1) is 0 Å². The minimum atomic E-state index is -0.625. The van der Waals surface area contributed by atoms with Crippen LogP contribution in [-0.4, -0.2) is 20.6 Å². The highest BCUT2D eigenvalue weighted by Crippen LogP contribution is 2.20. The number of hydrogen-bond acceptors (Lipinski definition) is 6. The Bertz CT molecular complexity index is 618. The third-order valence-corrected chi connectivity index (χ3v) is 2.85. The fourth-order valence-corrected chi connectivity index (χ4v) is 1.91. The molecule has 8 heteroatoms. The lowest BCUT2D eigenvalue weighted by Crippen LogP contribution is -2.19. The maximum absolute atomic E-state index is 10.7. The number of benzene rings is 1. The van der Waals surface area contributed by atoms with Crippen molar-refractivity contribution < 1.29 is 9.35 Å². The number of nitrogens with one attached hydrogen (secondary N) is 1. The molecule has 2 rings (SSSR count). The van der Waals surface area contributed by atoms with Crippen molar-refractivity contribution >= 4 is 29.6 Å². The van der Waals surface area contributed by atoms with E-state index in [1.54, 1.807) is 30.3 Å². The number of nitrogens with zero attached hydrogens (tertiary/aromatic N) is 2. The van der Waals surface area contributed by atoms with E-state index in [9.17, 15) is 4.79 Å². The van der Waals surface area contributed by atoms with E-state index in [1.165, 1.54) is 0 Å². The molecule has 0 saturated heterocycles. The van der Waals surface area contributed by atoms with Gasteiger partial charge in [0, 0.05) is 17.3 Å². The molecule has 1 heterocycles. The first-order valence-corrected chi connectivity index (χ1v) is 6.59. The number of carbonyl (C=O) groups is 1. The summed E-state index contributed by atoms with van der Waals surface area (Å²) in [5, 5.41) is 2.46. The smallest absolute Gasteiger partial charge is 0.316 e. The largest absolute Gasteiger partial charge is 0.384 e. The number of anilines is 2. The number of nitrogen functional groups attached to an aromatic ring is 1. The highest BCUT2D eigenvalue weighted by Gasteiger charge is 2.06. The normalized spacial score (nSPS) is 10.2. The fraction of sp³-hybridized carbons (Fsp3) is 0.0833. The standard InChI is InChI=1S/C12H13N5O2S/c13-10-5-9(6-20-19)15-11(17-10)7-1-3-8(4-2-7)16-12(14)18/h1-5,19H,6H2,(H2,13,15,17)(H3,14,16,18). The predicted octanol–water partition coefficient (Wildman–Crippen LogP) is 1.92. The molecule has 0 radical (unpaired) electrons. The topological polar surface area (TPSA) is 127 Å². The van der Waals surface area contributed by atoms with E-state index in [4.69, 9.17) is 16.0 Å². The monoisotopic (exact) mass is 291 g/mol. The first-order valence-electron chi connectivity index (χ1n) is 5.65. The van der Waals surface area contributed by atoms with Crippen LogP contribution >= 0.6 is 12.0 Å². The maximum Gasteiger partial charge on any atom is 0.316 e. The van der Waals surface area contributed by atoms with Crippen LogP contribution in [0, 0.1) is 0 Å². The maximum atomic E-state index is 10.7. The summed E-state index contributed by atoms with van der Waals surface area (Å²) in [7, 11) is 0. The molecule has 0 unspecified atom stereocenters. The number of urea groups is 1. The Balaban J connectivity index is 2.28. The highest BCUT2D eigenvalue weighted by molar-refractivity contribution is 7.92. The van der Waals surface area contributed by atoms with Gasteiger partial charge in [0.1, 0.15) is 5.82 Å². The molecule has 1 aromatic heterocycles. The van der Waals surface area contributed by atoms with Crippen LogP contribution in [0.4, 0.5) is 16.3 Å². The number of aromatic nitrogens is 2. The SMILES string of the molecule is NC(=O)Nc1ccc(-c2nc(N)cc(CSO)n2)cc1. The molecule has 2 amide bonds. The Labute approximate surface area is 119 Å². The van der Waals surface area contributed by atoms with Gasteiger partial charge < -0.3 is 21.3 Å². The summed E-state index contributed by atoms with van der Waals surface area (Å²) in [4.78, 5) is 19.2. The van der Waals surface area contributed by atoms with Crippen LogP contribution < -0.4 is 16.8 Å². The molecule has 7 nitrogen and oxygen atoms in total. The summed E-state index contributed by atoms with van der Waals surface area (Å²) in [6.07, 6.45) is 0. The van der Waals surface area contributed by atoms with E-state index < -0.39 is 6.03 Å². The number of primary amides is 1. The summed E-state index contributed by atoms with van der Waals surface area (Å²) in [6, 6.07) is 7.85. The van der Waals surface area contributed by atoms with Gasteiger partial charge in [-0.2, -0.15) is 0 Å². The summed E-state index contributed by atoms with van der Waals surface area (Å²) in [6.45, 7) is 0. The molecule has 2 aromatic rings. The van der Waals surface area contributed by atoms with E-state index in [-0.39, 0.29) is 0 Å². The third kappa shape index (κ3) is 3.59. The van der Waals surface area contributed by atoms with Crippen molar-refractivity contribution in [3.63, 3.8) is 0 Å². The minimum Gasteiger partial charge on any atom is -0.384 e. The van der Waals surface area contributed by atoms with E-state index in [2.05, 4.69) is 15.3 Å². The third-order valence-electron chi connectivity index (χ3n) is 2.42. The quantitative estimate of drug-likeness (QED) is 0.637. The van der Waals surface area contributed by atoms with Gasteiger partial charge in [-0.25, -0.2) is 14.8 Å². The van der Waals surface area contributed by atoms with Gasteiger partial charge in [0.05, 0.1) is 11.4 Å². The Morgan fingerprint density at radius 1 is 1.30 bits per heavy atom. The molecule has 0 fully saturated rings. The molecular weight excluding hydrogens is 278 g/mol. The van der Waals surface area contributed by atoms with Crippen molar-refractivity contribution in [2.45, 2.75) is 5.75 Å². The molecule has 0 spiro atoms. The van der Waals surface area contributed by atoms with Crippen molar-refractivity contribution in [1.29, 1.82) is 0 Å². The first kappa shape index (κ1) is 14.1. The van der Waals surface area contributed by atoms with Crippen molar-refractivity contribution in [3.8, 4) is 11.4 Å². The summed E-state index contributed by atoms with van der Waals surface area (Å²) < 4.78 is 8.86. The molecular formula is C12H13N5O2S. The Morgan fingerprint density at radius 3 is 2.60 bits per heavy atom. The van der Waals surface area contributed by atoms with Gasteiger partial charge in [-0.3, -0.25) is 0 Å². The number of amides is 2. The van der Waals surface area contributed by atoms with Crippen molar-refractivity contribution in [2.75, 3.05) is 11.1 Å². The van der Waals surface area contributed by atoms with Gasteiger partial charge in [-0.1, -0.05) is 0 Å². The first-order chi connectivity index (χ1) is 9.58. The van der Waals surface area contributed by atoms with Crippen molar-refractivity contribution in [2.24, 2.45) is 5.73 Å². The minimum absolute atomic E-state index is 0.332. The van der Waals surface area contributed by atoms with Crippen LogP contribution in [0.2, 0.25) is 0 Å². The number of carbonyl (C=O) groups excluding carboxylic acids is 1. The number of nitrogens with two attached hydrogens (primary N) is 2. The Hall–Kier alpha value is -2.32. The molecule has 0 atom stereocenters. The van der Waals surface area contributed by atoms with Gasteiger partial charge in [0.25, 0.3) is 0 Å². The molecule has 104 valence electrons. The van der Waals surface area contributed by atoms with E-state index in [0.717, 1.165) is 5.56 Å². The zero-order valence-electron chi connectivity index (χ0n) is 10.4. The lowest BCUT2D eigenvalue weighted by molar-refractivity contribution is 0.259. The zero-order valence-corrected chi connectivity index (χ0v) is 11.2. The van der Waals surface area contributed by atoms with Gasteiger partial charge in [0.15, 0.2) is 5.82 Å². The molecule has 1 aromatic carbocycles. The lowest BCUT2D eigenvalue weighted by atomic mass is 10.2. The molecule has 6 N–H and O–H groups in total. The van der Waals surface area contributed by atoms with Gasteiger partial charge in [0.2, 0.25) is 0 Å². The predicted molar refractivity (Wildman–Crippen MR) is 79.0 cm³/mol. The molecule has 20 heavy (non-hydrogen) atoms. The number of hydrogen-bond donors (Lipinski definition) is 4. The average molecular weight is 291 g/mol. The van der Waals surface area contributed by atoms with Gasteiger partial charge in [-0.05, 0) is 36.3 Å². The van der Waals surface area contributed by atoms with E-state index in [0.29, 0.717) is 40.8 Å². The second-order valence-corrected chi connectivity index (χ2v) is 4.49. The Kier molecular flexibility index (Phi) is 4.38. The van der Waals surface area contributed by atoms with Crippen molar-refractivity contribution in [3.05, 3.63) is 36.0 Å². The van der Waals surface area contributed by atoms with Crippen LogP contribution in [0.15, 0.2) is 30.3 Å². The van der Waals surface area contributed by atoms with Crippen LogP contribution in [0.3, 0.4) is 0 Å². The molecule has 0 aliphatic carbocycles. The van der Waals surface area contributed by atoms with Crippen LogP contribution in [0.1, 0.15) is 5.69 Å². The van der Waals surface area contributed by atoms with Crippen LogP contribution in [0.25, 0.3) is 11.4 Å². The summed E-state index contributed by atoms with van der Waals surface area (Å²) >= 11 is 0.669. The fourth-order valence-electron chi connectivity index (χ4n) is 1.63. The zero-order chi connectivity index (χ0) is 14.5.